The van der Waals surface area contributed by atoms with Crippen molar-refractivity contribution in [3.8, 4) is 0 Å². The number of benzene rings is 1. The van der Waals surface area contributed by atoms with Crippen molar-refractivity contribution in [2.45, 2.75) is 45.6 Å². The van der Waals surface area contributed by atoms with Crippen LogP contribution in [0.1, 0.15) is 38.7 Å². The van der Waals surface area contributed by atoms with E-state index in [4.69, 9.17) is 5.73 Å². The summed E-state index contributed by atoms with van der Waals surface area (Å²) in [4.78, 5) is 37.2. The van der Waals surface area contributed by atoms with Crippen molar-refractivity contribution in [2.75, 3.05) is 57.8 Å². The summed E-state index contributed by atoms with van der Waals surface area (Å²) in [5, 5.41) is 0. The zero-order chi connectivity index (χ0) is 26.4. The van der Waals surface area contributed by atoms with Crippen molar-refractivity contribution >= 4 is 23.8 Å². The Balaban J connectivity index is 1.30. The summed E-state index contributed by atoms with van der Waals surface area (Å²) in [7, 11) is 1.77. The number of piperazine rings is 1. The highest BCUT2D eigenvalue weighted by Crippen LogP contribution is 2.29. The Labute approximate surface area is 222 Å². The average Bonchev–Trinajstić information content (AvgIpc) is 3.27. The number of nitrogens with two attached hydrogens (primary N) is 1. The van der Waals surface area contributed by atoms with E-state index >= 15 is 0 Å². The molecule has 202 valence electrons. The van der Waals surface area contributed by atoms with E-state index in [2.05, 4.69) is 40.8 Å². The van der Waals surface area contributed by atoms with Gasteiger partial charge in [-0.25, -0.2) is 0 Å². The van der Waals surface area contributed by atoms with Crippen LogP contribution in [0.2, 0.25) is 0 Å². The number of amidine groups is 1. The highest BCUT2D eigenvalue weighted by atomic mass is 16.2. The summed E-state index contributed by atoms with van der Waals surface area (Å²) in [5.74, 6) is 2.62. The topological polar surface area (TPSA) is 85.5 Å². The molecule has 0 spiro atoms. The molecule has 1 aliphatic carbocycles. The maximum absolute atomic E-state index is 12.5. The number of carbonyl (C=O) groups is 2. The SMILES string of the molecule is CN=C(/C=C\N(C=O)c1ccc(CC(C)N2CC(C)[C@H](CN)C2)cc1)N1CCN(C(=O)C2CCC2)CC1. The molecule has 1 aromatic carbocycles. The fourth-order valence-electron chi connectivity index (χ4n) is 5.74. The Hall–Kier alpha value is -2.71. The molecule has 2 amide bonds. The molecule has 0 bridgehead atoms. The minimum absolute atomic E-state index is 0.244. The molecule has 2 heterocycles. The largest absolute Gasteiger partial charge is 0.353 e. The van der Waals surface area contributed by atoms with E-state index in [9.17, 15) is 9.59 Å². The van der Waals surface area contributed by atoms with Gasteiger partial charge in [0.1, 0.15) is 5.84 Å². The summed E-state index contributed by atoms with van der Waals surface area (Å²) in [5.41, 5.74) is 8.03. The third kappa shape index (κ3) is 6.60. The fraction of sp³-hybridized carbons (Fsp3) is 0.621. The predicted molar refractivity (Wildman–Crippen MR) is 149 cm³/mol. The summed E-state index contributed by atoms with van der Waals surface area (Å²) in [6.45, 7) is 10.5. The van der Waals surface area contributed by atoms with Crippen LogP contribution < -0.4 is 10.6 Å². The minimum atomic E-state index is 0.244. The lowest BCUT2D eigenvalue weighted by atomic mass is 9.84. The Morgan fingerprint density at radius 1 is 1.14 bits per heavy atom. The van der Waals surface area contributed by atoms with Gasteiger partial charge in [0.15, 0.2) is 0 Å². The first-order chi connectivity index (χ1) is 17.9. The molecule has 8 nitrogen and oxygen atoms in total. The summed E-state index contributed by atoms with van der Waals surface area (Å²) in [6, 6.07) is 8.69. The Bertz CT molecular complexity index is 965. The molecular weight excluding hydrogens is 464 g/mol. The van der Waals surface area contributed by atoms with Crippen molar-refractivity contribution in [2.24, 2.45) is 28.5 Å². The van der Waals surface area contributed by atoms with Crippen molar-refractivity contribution in [3.63, 3.8) is 0 Å². The smallest absolute Gasteiger partial charge is 0.225 e. The number of nitrogens with zero attached hydrogens (tertiary/aromatic N) is 5. The molecule has 2 aliphatic heterocycles. The van der Waals surface area contributed by atoms with E-state index in [1.807, 2.05) is 23.1 Å². The first-order valence-electron chi connectivity index (χ1n) is 13.9. The van der Waals surface area contributed by atoms with Gasteiger partial charge in [-0.3, -0.25) is 24.4 Å². The zero-order valence-electron chi connectivity index (χ0n) is 22.8. The van der Waals surface area contributed by atoms with Gasteiger partial charge in [0, 0.05) is 70.2 Å². The normalized spacial score (nSPS) is 24.4. The standard InChI is InChI=1S/C29H44N6O2/c1-22-19-35(20-26(22)18-30)23(2)17-24-7-9-27(10-8-24)34(21-36)12-11-28(31-3)32-13-15-33(16-14-32)29(37)25-5-4-6-25/h7-12,21-23,25-26H,4-6,13-20,30H2,1-3H3/b12-11-,31-28?/t22?,23?,26-/m1/s1. The maximum atomic E-state index is 12.5. The lowest BCUT2D eigenvalue weighted by Gasteiger charge is -2.39. The van der Waals surface area contributed by atoms with Gasteiger partial charge in [-0.05, 0) is 68.3 Å². The molecule has 3 aliphatic rings. The van der Waals surface area contributed by atoms with Crippen LogP contribution in [0.4, 0.5) is 5.69 Å². The molecule has 1 aromatic rings. The van der Waals surface area contributed by atoms with Gasteiger partial charge < -0.3 is 15.5 Å². The molecular formula is C29H44N6O2. The molecule has 2 unspecified atom stereocenters. The van der Waals surface area contributed by atoms with Crippen LogP contribution in [0, 0.1) is 17.8 Å². The van der Waals surface area contributed by atoms with E-state index in [1.165, 1.54) is 12.0 Å². The quantitative estimate of drug-likeness (QED) is 0.315. The third-order valence-electron chi connectivity index (χ3n) is 8.58. The summed E-state index contributed by atoms with van der Waals surface area (Å²) >= 11 is 0. The van der Waals surface area contributed by atoms with E-state index in [-0.39, 0.29) is 5.92 Å². The molecule has 37 heavy (non-hydrogen) atoms. The number of anilines is 1. The van der Waals surface area contributed by atoms with Crippen molar-refractivity contribution in [1.29, 1.82) is 0 Å². The molecule has 4 rings (SSSR count). The number of likely N-dealkylation sites (tertiary alicyclic amines) is 1. The fourth-order valence-corrected chi connectivity index (χ4v) is 5.74. The minimum Gasteiger partial charge on any atom is -0.353 e. The van der Waals surface area contributed by atoms with Crippen LogP contribution >= 0.6 is 0 Å². The van der Waals surface area contributed by atoms with Crippen molar-refractivity contribution in [3.05, 3.63) is 42.1 Å². The van der Waals surface area contributed by atoms with E-state index in [1.54, 1.807) is 18.1 Å². The molecule has 2 saturated heterocycles. The molecule has 3 fully saturated rings. The molecule has 0 aromatic heterocycles. The van der Waals surface area contributed by atoms with Crippen LogP contribution in [0.25, 0.3) is 0 Å². The van der Waals surface area contributed by atoms with Crippen LogP contribution in [-0.2, 0) is 16.0 Å². The molecule has 8 heteroatoms. The molecule has 0 radical (unpaired) electrons. The maximum Gasteiger partial charge on any atom is 0.225 e. The Morgan fingerprint density at radius 2 is 1.81 bits per heavy atom. The molecule has 3 atom stereocenters. The second-order valence-electron chi connectivity index (χ2n) is 11.0. The molecule has 2 N–H and O–H groups in total. The van der Waals surface area contributed by atoms with Crippen LogP contribution in [-0.4, -0.2) is 91.8 Å². The van der Waals surface area contributed by atoms with Crippen LogP contribution in [0.15, 0.2) is 41.5 Å². The zero-order valence-corrected chi connectivity index (χ0v) is 22.8. The van der Waals surface area contributed by atoms with E-state index in [0.717, 1.165) is 83.0 Å². The number of carbonyl (C=O) groups excluding carboxylic acids is 2. The average molecular weight is 509 g/mol. The van der Waals surface area contributed by atoms with E-state index < -0.39 is 0 Å². The van der Waals surface area contributed by atoms with Gasteiger partial charge in [0.2, 0.25) is 12.3 Å². The van der Waals surface area contributed by atoms with Gasteiger partial charge in [-0.15, -0.1) is 0 Å². The highest BCUT2D eigenvalue weighted by Gasteiger charge is 2.32. The summed E-state index contributed by atoms with van der Waals surface area (Å²) < 4.78 is 0. The monoisotopic (exact) mass is 508 g/mol. The van der Waals surface area contributed by atoms with Gasteiger partial charge in [-0.2, -0.15) is 0 Å². The molecule has 1 saturated carbocycles. The van der Waals surface area contributed by atoms with Crippen molar-refractivity contribution < 1.29 is 9.59 Å². The van der Waals surface area contributed by atoms with Crippen LogP contribution in [0.3, 0.4) is 0 Å². The van der Waals surface area contributed by atoms with E-state index in [0.29, 0.717) is 23.8 Å². The number of aliphatic imine (C=N–C) groups is 1. The van der Waals surface area contributed by atoms with Gasteiger partial charge >= 0.3 is 0 Å². The Kier molecular flexibility index (Phi) is 9.38. The third-order valence-corrected chi connectivity index (χ3v) is 8.58. The lowest BCUT2D eigenvalue weighted by Crippen LogP contribution is -2.52. The number of amides is 2. The second kappa shape index (κ2) is 12.7. The number of hydrogen-bond donors (Lipinski definition) is 1. The van der Waals surface area contributed by atoms with Gasteiger partial charge in [0.05, 0.1) is 0 Å². The first-order valence-corrected chi connectivity index (χ1v) is 13.9. The lowest BCUT2D eigenvalue weighted by molar-refractivity contribution is -0.139. The van der Waals surface area contributed by atoms with Crippen molar-refractivity contribution in [1.82, 2.24) is 14.7 Å². The van der Waals surface area contributed by atoms with Crippen LogP contribution in [0.5, 0.6) is 0 Å². The highest BCUT2D eigenvalue weighted by molar-refractivity contribution is 5.94. The first kappa shape index (κ1) is 27.3. The predicted octanol–water partition coefficient (Wildman–Crippen LogP) is 2.59. The number of hydrogen-bond acceptors (Lipinski definition) is 5. The Morgan fingerprint density at radius 3 is 2.35 bits per heavy atom. The van der Waals surface area contributed by atoms with Gasteiger partial charge in [0.25, 0.3) is 0 Å². The summed E-state index contributed by atoms with van der Waals surface area (Å²) in [6.07, 6.45) is 8.72. The van der Waals surface area contributed by atoms with Gasteiger partial charge in [-0.1, -0.05) is 25.5 Å². The second-order valence-corrected chi connectivity index (χ2v) is 11.0. The number of rotatable bonds is 9.